The molecule has 0 atom stereocenters. The van der Waals surface area contributed by atoms with Gasteiger partial charge in [-0.25, -0.2) is 27.7 Å². The van der Waals surface area contributed by atoms with Crippen molar-refractivity contribution in [3.8, 4) is 0 Å². The normalized spacial score (nSPS) is 16.1. The summed E-state index contributed by atoms with van der Waals surface area (Å²) < 4.78 is 38.9. The molecule has 0 radical (unpaired) electrons. The highest BCUT2D eigenvalue weighted by atomic mass is 32.2. The van der Waals surface area contributed by atoms with Crippen molar-refractivity contribution in [1.82, 2.24) is 24.4 Å². The van der Waals surface area contributed by atoms with E-state index in [0.29, 0.717) is 5.69 Å². The Morgan fingerprint density at radius 3 is 2.62 bits per heavy atom. The molecule has 2 N–H and O–H groups in total. The molecule has 2 heterocycles. The molecule has 24 heavy (non-hydrogen) atoms. The highest BCUT2D eigenvalue weighted by molar-refractivity contribution is 7.88. The quantitative estimate of drug-likeness (QED) is 0.833. The lowest BCUT2D eigenvalue weighted by atomic mass is 10.3. The Bertz CT molecular complexity index is 818. The van der Waals surface area contributed by atoms with E-state index in [9.17, 15) is 17.6 Å². The molecule has 2 amide bonds. The highest BCUT2D eigenvalue weighted by Gasteiger charge is 2.31. The van der Waals surface area contributed by atoms with E-state index in [-0.39, 0.29) is 31.3 Å². The van der Waals surface area contributed by atoms with Gasteiger partial charge in [0.1, 0.15) is 12.1 Å². The van der Waals surface area contributed by atoms with Crippen molar-refractivity contribution in [2.75, 3.05) is 31.5 Å². The molecular weight excluding hydrogens is 339 g/mol. The lowest BCUT2D eigenvalue weighted by Crippen LogP contribution is -2.51. The molecule has 1 aromatic carbocycles. The topological polar surface area (TPSA) is 111 Å². The van der Waals surface area contributed by atoms with Gasteiger partial charge in [-0.05, 0) is 18.2 Å². The van der Waals surface area contributed by atoms with Gasteiger partial charge in [0, 0.05) is 31.9 Å². The number of sulfonamides is 1. The standard InChI is InChI=1S/C13H15FN6O3S/c14-10-2-1-3-11(8-10)17-13(21)19-4-6-20(7-5-19)24(22,23)12-15-9-16-18-12/h1-3,8-9H,4-7H2,(H,17,21)(H,15,16,18). The van der Waals surface area contributed by atoms with Gasteiger partial charge in [-0.15, -0.1) is 0 Å². The monoisotopic (exact) mass is 354 g/mol. The van der Waals surface area contributed by atoms with Gasteiger partial charge >= 0.3 is 6.03 Å². The van der Waals surface area contributed by atoms with E-state index in [1.54, 1.807) is 6.07 Å². The number of nitrogens with zero attached hydrogens (tertiary/aromatic N) is 4. The number of H-pyrrole nitrogens is 1. The van der Waals surface area contributed by atoms with E-state index >= 15 is 0 Å². The summed E-state index contributed by atoms with van der Waals surface area (Å²) in [6.45, 7) is 0.711. The van der Waals surface area contributed by atoms with E-state index < -0.39 is 21.9 Å². The van der Waals surface area contributed by atoms with E-state index in [0.717, 1.165) is 6.33 Å². The predicted molar refractivity (Wildman–Crippen MR) is 82.1 cm³/mol. The molecule has 9 nitrogen and oxygen atoms in total. The Morgan fingerprint density at radius 2 is 2.00 bits per heavy atom. The summed E-state index contributed by atoms with van der Waals surface area (Å²) in [6.07, 6.45) is 1.12. The molecule has 0 aliphatic carbocycles. The first kappa shape index (κ1) is 16.3. The summed E-state index contributed by atoms with van der Waals surface area (Å²) >= 11 is 0. The minimum Gasteiger partial charge on any atom is -0.322 e. The summed E-state index contributed by atoms with van der Waals surface area (Å²) in [4.78, 5) is 17.3. The second kappa shape index (κ2) is 6.53. The predicted octanol–water partition coefficient (Wildman–Crippen LogP) is 0.482. The van der Waals surface area contributed by atoms with Crippen molar-refractivity contribution >= 4 is 21.7 Å². The number of anilines is 1. The number of piperazine rings is 1. The van der Waals surface area contributed by atoms with Crippen LogP contribution in [0.25, 0.3) is 0 Å². The third kappa shape index (κ3) is 3.36. The van der Waals surface area contributed by atoms with Crippen LogP contribution in [0.4, 0.5) is 14.9 Å². The van der Waals surface area contributed by atoms with Crippen LogP contribution in [0, 0.1) is 5.82 Å². The molecule has 128 valence electrons. The van der Waals surface area contributed by atoms with Crippen molar-refractivity contribution < 1.29 is 17.6 Å². The molecule has 2 aromatic rings. The first-order chi connectivity index (χ1) is 11.5. The van der Waals surface area contributed by atoms with Crippen LogP contribution in [0.1, 0.15) is 0 Å². The number of carbonyl (C=O) groups excluding carboxylic acids is 1. The van der Waals surface area contributed by atoms with Gasteiger partial charge in [-0.1, -0.05) is 6.07 Å². The van der Waals surface area contributed by atoms with Gasteiger partial charge in [0.25, 0.3) is 15.2 Å². The zero-order chi connectivity index (χ0) is 17.2. The molecule has 1 aliphatic rings. The van der Waals surface area contributed by atoms with Crippen LogP contribution in [0.3, 0.4) is 0 Å². The lowest BCUT2D eigenvalue weighted by Gasteiger charge is -2.33. The van der Waals surface area contributed by atoms with Crippen molar-refractivity contribution in [1.29, 1.82) is 0 Å². The molecule has 1 saturated heterocycles. The summed E-state index contributed by atoms with van der Waals surface area (Å²) in [6, 6.07) is 5.15. The molecular formula is C13H15FN6O3S. The molecule has 0 unspecified atom stereocenters. The number of hydrogen-bond donors (Lipinski definition) is 2. The number of urea groups is 1. The molecule has 11 heteroatoms. The van der Waals surface area contributed by atoms with Crippen LogP contribution in [0.2, 0.25) is 0 Å². The third-order valence-corrected chi connectivity index (χ3v) is 5.31. The van der Waals surface area contributed by atoms with E-state index in [4.69, 9.17) is 0 Å². The first-order valence-electron chi connectivity index (χ1n) is 7.14. The fourth-order valence-corrected chi connectivity index (χ4v) is 3.58. The first-order valence-corrected chi connectivity index (χ1v) is 8.58. The minimum absolute atomic E-state index is 0.138. The number of aromatic nitrogens is 3. The van der Waals surface area contributed by atoms with Gasteiger partial charge in [0.2, 0.25) is 0 Å². The maximum atomic E-state index is 13.1. The smallest absolute Gasteiger partial charge is 0.321 e. The Kier molecular flexibility index (Phi) is 4.44. The number of aromatic amines is 1. The number of carbonyl (C=O) groups is 1. The second-order valence-corrected chi connectivity index (χ2v) is 6.98. The fraction of sp³-hybridized carbons (Fsp3) is 0.308. The summed E-state index contributed by atoms with van der Waals surface area (Å²) in [7, 11) is -3.74. The molecule has 0 saturated carbocycles. The van der Waals surface area contributed by atoms with E-state index in [1.165, 1.54) is 27.4 Å². The van der Waals surface area contributed by atoms with E-state index in [1.807, 2.05) is 0 Å². The molecule has 1 aliphatic heterocycles. The third-order valence-electron chi connectivity index (χ3n) is 3.58. The van der Waals surface area contributed by atoms with Crippen molar-refractivity contribution in [3.05, 3.63) is 36.4 Å². The fourth-order valence-electron chi connectivity index (χ4n) is 2.34. The largest absolute Gasteiger partial charge is 0.322 e. The maximum absolute atomic E-state index is 13.1. The van der Waals surface area contributed by atoms with Crippen LogP contribution in [-0.2, 0) is 10.0 Å². The number of rotatable bonds is 3. The number of amides is 2. The number of benzene rings is 1. The van der Waals surface area contributed by atoms with Crippen molar-refractivity contribution in [2.45, 2.75) is 5.16 Å². The average Bonchev–Trinajstić information content (AvgIpc) is 3.10. The van der Waals surface area contributed by atoms with Crippen molar-refractivity contribution in [3.63, 3.8) is 0 Å². The molecule has 1 aromatic heterocycles. The van der Waals surface area contributed by atoms with Crippen molar-refractivity contribution in [2.24, 2.45) is 0 Å². The SMILES string of the molecule is O=C(Nc1cccc(F)c1)N1CCN(S(=O)(=O)c2ncn[nH]2)CC1. The maximum Gasteiger partial charge on any atom is 0.321 e. The Labute approximate surface area is 137 Å². The zero-order valence-electron chi connectivity index (χ0n) is 12.5. The Hall–Kier alpha value is -2.53. The number of hydrogen-bond acceptors (Lipinski definition) is 5. The van der Waals surface area contributed by atoms with Crippen LogP contribution in [0.5, 0.6) is 0 Å². The number of halogens is 1. The van der Waals surface area contributed by atoms with Gasteiger partial charge in [0.05, 0.1) is 0 Å². The van der Waals surface area contributed by atoms with Gasteiger partial charge in [-0.2, -0.15) is 9.40 Å². The Morgan fingerprint density at radius 1 is 1.25 bits per heavy atom. The summed E-state index contributed by atoms with van der Waals surface area (Å²) in [5.41, 5.74) is 0.344. The second-order valence-electron chi connectivity index (χ2n) is 5.12. The van der Waals surface area contributed by atoms with Crippen LogP contribution < -0.4 is 5.32 Å². The zero-order valence-corrected chi connectivity index (χ0v) is 13.3. The summed E-state index contributed by atoms with van der Waals surface area (Å²) in [5.74, 6) is -0.448. The van der Waals surface area contributed by atoms with Gasteiger partial charge < -0.3 is 10.2 Å². The molecule has 0 bridgehead atoms. The van der Waals surface area contributed by atoms with E-state index in [2.05, 4.69) is 20.5 Å². The van der Waals surface area contributed by atoms with Gasteiger partial charge in [0.15, 0.2) is 0 Å². The van der Waals surface area contributed by atoms with Gasteiger partial charge in [-0.3, -0.25) is 0 Å². The highest BCUT2D eigenvalue weighted by Crippen LogP contribution is 2.15. The minimum atomic E-state index is -3.74. The summed E-state index contributed by atoms with van der Waals surface area (Å²) in [5, 5.41) is 8.22. The van der Waals surface area contributed by atoms with Crippen LogP contribution in [0.15, 0.2) is 35.7 Å². The molecule has 1 fully saturated rings. The molecule has 0 spiro atoms. The molecule has 3 rings (SSSR count). The van der Waals surface area contributed by atoms with Crippen LogP contribution in [-0.4, -0.2) is 65.0 Å². The average molecular weight is 354 g/mol. The lowest BCUT2D eigenvalue weighted by molar-refractivity contribution is 0.184. The Balaban J connectivity index is 1.60. The van der Waals surface area contributed by atoms with Crippen LogP contribution >= 0.6 is 0 Å². The number of nitrogens with one attached hydrogen (secondary N) is 2.